The number of benzene rings is 1. The maximum atomic E-state index is 11.9. The lowest BCUT2D eigenvalue weighted by atomic mass is 9.81. The first kappa shape index (κ1) is 23.4. The first-order valence-corrected chi connectivity index (χ1v) is 13.1. The molecular formula is C24H40O3S. The molecule has 0 bridgehead atoms. The van der Waals surface area contributed by atoms with E-state index in [9.17, 15) is 13.0 Å². The van der Waals surface area contributed by atoms with Crippen LogP contribution in [0.3, 0.4) is 0 Å². The van der Waals surface area contributed by atoms with Gasteiger partial charge in [0.25, 0.3) is 10.1 Å². The van der Waals surface area contributed by atoms with Crippen molar-refractivity contribution in [3.8, 4) is 0 Å². The van der Waals surface area contributed by atoms with Crippen LogP contribution in [-0.2, 0) is 16.5 Å². The predicted molar refractivity (Wildman–Crippen MR) is 118 cm³/mol. The molecule has 1 fully saturated rings. The van der Waals surface area contributed by atoms with Crippen LogP contribution in [0.1, 0.15) is 120 Å². The van der Waals surface area contributed by atoms with Crippen LogP contribution in [0.25, 0.3) is 0 Å². The monoisotopic (exact) mass is 408 g/mol. The van der Waals surface area contributed by atoms with Gasteiger partial charge in [0.05, 0.1) is 4.90 Å². The zero-order chi connectivity index (χ0) is 20.2. The van der Waals surface area contributed by atoms with Crippen LogP contribution < -0.4 is 0 Å². The minimum Gasteiger partial charge on any atom is -0.282 e. The topological polar surface area (TPSA) is 54.4 Å². The van der Waals surface area contributed by atoms with E-state index in [1.165, 1.54) is 64.2 Å². The molecule has 3 nitrogen and oxygen atoms in total. The Morgan fingerprint density at radius 3 is 2.00 bits per heavy atom. The summed E-state index contributed by atoms with van der Waals surface area (Å²) in [6, 6.07) is 5.45. The van der Waals surface area contributed by atoms with Crippen molar-refractivity contribution in [2.24, 2.45) is 0 Å². The Labute approximate surface area is 173 Å². The van der Waals surface area contributed by atoms with Crippen molar-refractivity contribution >= 4 is 10.1 Å². The van der Waals surface area contributed by atoms with Crippen molar-refractivity contribution in [1.29, 1.82) is 0 Å². The molecule has 0 aliphatic heterocycles. The quantitative estimate of drug-likeness (QED) is 0.272. The third-order valence-corrected chi connectivity index (χ3v) is 7.16. The van der Waals surface area contributed by atoms with Crippen LogP contribution in [0.5, 0.6) is 0 Å². The molecule has 1 aromatic rings. The highest BCUT2D eigenvalue weighted by Crippen LogP contribution is 2.38. The number of rotatable bonds is 13. The molecular weight excluding hydrogens is 368 g/mol. The van der Waals surface area contributed by atoms with Crippen molar-refractivity contribution in [1.82, 2.24) is 0 Å². The van der Waals surface area contributed by atoms with E-state index < -0.39 is 10.1 Å². The van der Waals surface area contributed by atoms with Crippen LogP contribution in [-0.4, -0.2) is 13.0 Å². The maximum Gasteiger partial charge on any atom is 0.294 e. The Morgan fingerprint density at radius 1 is 0.857 bits per heavy atom. The zero-order valence-corrected chi connectivity index (χ0v) is 18.6. The van der Waals surface area contributed by atoms with E-state index in [1.54, 1.807) is 12.1 Å². The highest BCUT2D eigenvalue weighted by atomic mass is 32.2. The lowest BCUT2D eigenvalue weighted by molar-refractivity contribution is 0.431. The summed E-state index contributed by atoms with van der Waals surface area (Å²) in [6.45, 7) is 2.26. The Kier molecular flexibility index (Phi) is 10.6. The Hall–Kier alpha value is -0.870. The van der Waals surface area contributed by atoms with E-state index in [-0.39, 0.29) is 10.8 Å². The van der Waals surface area contributed by atoms with Crippen LogP contribution >= 0.6 is 0 Å². The van der Waals surface area contributed by atoms with Gasteiger partial charge in [0.15, 0.2) is 0 Å². The maximum absolute atomic E-state index is 11.9. The summed E-state index contributed by atoms with van der Waals surface area (Å²) >= 11 is 0. The second-order valence-corrected chi connectivity index (χ2v) is 9.96. The molecule has 1 N–H and O–H groups in total. The molecule has 0 aromatic heterocycles. The summed E-state index contributed by atoms with van der Waals surface area (Å²) < 4.78 is 33.6. The van der Waals surface area contributed by atoms with Gasteiger partial charge in [-0.1, -0.05) is 96.1 Å². The third kappa shape index (κ3) is 7.87. The fourth-order valence-electron chi connectivity index (χ4n) is 4.69. The van der Waals surface area contributed by atoms with Crippen molar-refractivity contribution in [2.75, 3.05) is 0 Å². The molecule has 1 aromatic carbocycles. The highest BCUT2D eigenvalue weighted by Gasteiger charge is 2.26. The number of hydrogen-bond donors (Lipinski definition) is 1. The van der Waals surface area contributed by atoms with Gasteiger partial charge in [-0.05, 0) is 48.8 Å². The van der Waals surface area contributed by atoms with Crippen molar-refractivity contribution < 1.29 is 13.0 Å². The summed E-state index contributed by atoms with van der Waals surface area (Å²) in [5.74, 6) is 0.282. The van der Waals surface area contributed by atoms with E-state index in [1.807, 2.05) is 0 Å². The molecule has 0 unspecified atom stereocenters. The molecule has 0 amide bonds. The van der Waals surface area contributed by atoms with Gasteiger partial charge in [0.1, 0.15) is 0 Å². The molecule has 0 heterocycles. The number of unbranched alkanes of at least 4 members (excludes halogenated alkanes) is 9. The highest BCUT2D eigenvalue weighted by molar-refractivity contribution is 7.85. The molecule has 4 heteroatoms. The average Bonchev–Trinajstić information content (AvgIpc) is 2.69. The minimum atomic E-state index is -4.16. The Bertz CT molecular complexity index is 660. The van der Waals surface area contributed by atoms with Crippen LogP contribution in [0.2, 0.25) is 0 Å². The summed E-state index contributed by atoms with van der Waals surface area (Å²) in [5.41, 5.74) is 2.06. The lowest BCUT2D eigenvalue weighted by Gasteiger charge is -2.26. The molecule has 0 spiro atoms. The predicted octanol–water partition coefficient (Wildman–Crippen LogP) is 7.44. The summed E-state index contributed by atoms with van der Waals surface area (Å²) in [6.07, 6.45) is 19.6. The van der Waals surface area contributed by atoms with Gasteiger partial charge >= 0.3 is 0 Å². The largest absolute Gasteiger partial charge is 0.294 e. The summed E-state index contributed by atoms with van der Waals surface area (Å²) in [4.78, 5) is 0.156. The molecule has 28 heavy (non-hydrogen) atoms. The fraction of sp³-hybridized carbons (Fsp3) is 0.750. The standard InChI is InChI=1S/C24H40O3S/c1-2-3-4-5-6-7-8-9-10-12-16-22-19-15-20-23(28(25,26)27)24(22)21-17-13-11-14-18-21/h15,19-21H,2-14,16-18H2,1H3,(H,25,26,27). The molecule has 2 rings (SSSR count). The SMILES string of the molecule is CCCCCCCCCCCCc1cccc(S(=O)(=O)O)c1C1CCCCC1. The Balaban J connectivity index is 1.85. The molecule has 0 saturated heterocycles. The molecule has 0 radical (unpaired) electrons. The third-order valence-electron chi connectivity index (χ3n) is 6.25. The lowest BCUT2D eigenvalue weighted by Crippen LogP contribution is -2.13. The second-order valence-electron chi connectivity index (χ2n) is 8.57. The van der Waals surface area contributed by atoms with Crippen LogP contribution in [0, 0.1) is 0 Å². The number of aryl methyl sites for hydroxylation is 1. The van der Waals surface area contributed by atoms with Crippen molar-refractivity contribution in [3.05, 3.63) is 29.3 Å². The van der Waals surface area contributed by atoms with Crippen LogP contribution in [0.4, 0.5) is 0 Å². The average molecular weight is 409 g/mol. The molecule has 1 saturated carbocycles. The van der Waals surface area contributed by atoms with Gasteiger partial charge in [-0.3, -0.25) is 4.55 Å². The molecule has 160 valence electrons. The van der Waals surface area contributed by atoms with Gasteiger partial charge in [-0.2, -0.15) is 8.42 Å². The van der Waals surface area contributed by atoms with E-state index >= 15 is 0 Å². The first-order chi connectivity index (χ1) is 13.5. The smallest absolute Gasteiger partial charge is 0.282 e. The fourth-order valence-corrected chi connectivity index (χ4v) is 5.52. The van der Waals surface area contributed by atoms with Crippen molar-refractivity contribution in [3.63, 3.8) is 0 Å². The van der Waals surface area contributed by atoms with Gasteiger partial charge < -0.3 is 0 Å². The van der Waals surface area contributed by atoms with Crippen molar-refractivity contribution in [2.45, 2.75) is 120 Å². The van der Waals surface area contributed by atoms with Gasteiger partial charge in [0.2, 0.25) is 0 Å². The first-order valence-electron chi connectivity index (χ1n) is 11.6. The van der Waals surface area contributed by atoms with Gasteiger partial charge in [-0.25, -0.2) is 0 Å². The van der Waals surface area contributed by atoms with E-state index in [0.717, 1.165) is 49.7 Å². The second kappa shape index (κ2) is 12.6. The van der Waals surface area contributed by atoms with E-state index in [2.05, 4.69) is 13.0 Å². The van der Waals surface area contributed by atoms with Crippen LogP contribution in [0.15, 0.2) is 23.1 Å². The summed E-state index contributed by atoms with van der Waals surface area (Å²) in [5, 5.41) is 0. The molecule has 0 atom stereocenters. The summed E-state index contributed by atoms with van der Waals surface area (Å²) in [7, 11) is -4.16. The Morgan fingerprint density at radius 2 is 1.43 bits per heavy atom. The van der Waals surface area contributed by atoms with E-state index in [4.69, 9.17) is 0 Å². The number of hydrogen-bond acceptors (Lipinski definition) is 2. The van der Waals surface area contributed by atoms with E-state index in [0.29, 0.717) is 0 Å². The normalized spacial score (nSPS) is 15.8. The molecule has 1 aliphatic carbocycles. The van der Waals surface area contributed by atoms with Gasteiger partial charge in [0, 0.05) is 0 Å². The van der Waals surface area contributed by atoms with Gasteiger partial charge in [-0.15, -0.1) is 0 Å². The zero-order valence-electron chi connectivity index (χ0n) is 17.8. The molecule has 1 aliphatic rings. The minimum absolute atomic E-state index is 0.156.